The van der Waals surface area contributed by atoms with Crippen molar-refractivity contribution >= 4 is 39.8 Å². The normalized spacial score (nSPS) is 16.9. The predicted molar refractivity (Wildman–Crippen MR) is 113 cm³/mol. The van der Waals surface area contributed by atoms with Gasteiger partial charge in [-0.15, -0.1) is 0 Å². The summed E-state index contributed by atoms with van der Waals surface area (Å²) in [6.07, 6.45) is 10.4. The summed E-state index contributed by atoms with van der Waals surface area (Å²) in [7, 11) is 0. The quantitative estimate of drug-likeness (QED) is 0.626. The molecule has 134 valence electrons. The summed E-state index contributed by atoms with van der Waals surface area (Å²) >= 11 is 0. The summed E-state index contributed by atoms with van der Waals surface area (Å²) in [5.41, 5.74) is 6.84. The first-order valence-corrected chi connectivity index (χ1v) is 9.64. The molecule has 0 atom stereocenters. The van der Waals surface area contributed by atoms with Crippen LogP contribution in [0.4, 0.5) is 0 Å². The lowest BCUT2D eigenvalue weighted by Gasteiger charge is -2.21. The number of aryl methyl sites for hydroxylation is 1. The van der Waals surface area contributed by atoms with E-state index >= 15 is 0 Å². The van der Waals surface area contributed by atoms with Crippen LogP contribution in [0.15, 0.2) is 35.6 Å². The molecule has 0 N–H and O–H groups in total. The number of pyridine rings is 1. The van der Waals surface area contributed by atoms with E-state index < -0.39 is 0 Å². The smallest absolute Gasteiger partial charge is 0.264 e. The Labute approximate surface area is 157 Å². The van der Waals surface area contributed by atoms with Crippen LogP contribution in [0.5, 0.6) is 0 Å². The number of rotatable bonds is 1. The van der Waals surface area contributed by atoms with Gasteiger partial charge in [0.25, 0.3) is 5.56 Å². The van der Waals surface area contributed by atoms with Gasteiger partial charge in [0.15, 0.2) is 0 Å². The topological polar surface area (TPSA) is 34.4 Å². The molecule has 0 radical (unpaired) electrons. The number of benzene rings is 1. The first-order chi connectivity index (χ1) is 13.1. The molecular weight excluding hydrogens is 332 g/mol. The number of nitrogens with zero attached hydrogens (tertiary/aromatic N) is 2. The van der Waals surface area contributed by atoms with Gasteiger partial charge < -0.3 is 0 Å². The third kappa shape index (κ3) is 2.14. The zero-order chi connectivity index (χ0) is 18.7. The fourth-order valence-corrected chi connectivity index (χ4v) is 4.69. The Hall–Kier alpha value is -2.94. The molecule has 5 rings (SSSR count). The van der Waals surface area contributed by atoms with Gasteiger partial charge in [0.05, 0.1) is 16.4 Å². The molecule has 2 aromatic heterocycles. The summed E-state index contributed by atoms with van der Waals surface area (Å²) in [5.74, 6) is 0. The molecule has 0 fully saturated rings. The van der Waals surface area contributed by atoms with Crippen LogP contribution >= 0.6 is 0 Å². The van der Waals surface area contributed by atoms with Crippen molar-refractivity contribution in [3.8, 4) is 0 Å². The van der Waals surface area contributed by atoms with Crippen molar-refractivity contribution in [3.63, 3.8) is 0 Å². The summed E-state index contributed by atoms with van der Waals surface area (Å²) in [5, 5.41) is 3.19. The largest absolute Gasteiger partial charge is 0.268 e. The van der Waals surface area contributed by atoms with Crippen LogP contribution in [0.2, 0.25) is 0 Å². The lowest BCUT2D eigenvalue weighted by Crippen LogP contribution is -2.38. The van der Waals surface area contributed by atoms with Gasteiger partial charge in [0.2, 0.25) is 0 Å². The minimum absolute atomic E-state index is 0.00301. The van der Waals surface area contributed by atoms with Gasteiger partial charge in [-0.25, -0.2) is 4.98 Å². The zero-order valence-electron chi connectivity index (χ0n) is 15.8. The fourth-order valence-electron chi connectivity index (χ4n) is 4.69. The third-order valence-corrected chi connectivity index (χ3v) is 5.85. The summed E-state index contributed by atoms with van der Waals surface area (Å²) in [6, 6.07) is 6.29. The van der Waals surface area contributed by atoms with Gasteiger partial charge in [0.1, 0.15) is 5.65 Å². The molecule has 0 saturated heterocycles. The molecule has 3 aromatic rings. The van der Waals surface area contributed by atoms with Gasteiger partial charge in [-0.1, -0.05) is 36.9 Å². The van der Waals surface area contributed by atoms with E-state index in [1.165, 1.54) is 11.1 Å². The summed E-state index contributed by atoms with van der Waals surface area (Å²) < 4.78 is 1.84. The van der Waals surface area contributed by atoms with Crippen molar-refractivity contribution in [1.29, 1.82) is 0 Å². The molecule has 0 amide bonds. The SMILES string of the molecule is C=C(C)c1c2c(c3nc4cccc5c4c(n3c1=O)=CCC5)=CCC/C2=C/C. The molecule has 0 unspecified atom stereocenters. The predicted octanol–water partition coefficient (Wildman–Crippen LogP) is 3.59. The maximum atomic E-state index is 13.7. The minimum Gasteiger partial charge on any atom is -0.268 e. The van der Waals surface area contributed by atoms with E-state index in [1.54, 1.807) is 0 Å². The van der Waals surface area contributed by atoms with Crippen molar-refractivity contribution in [2.45, 2.75) is 39.5 Å². The lowest BCUT2D eigenvalue weighted by atomic mass is 9.88. The Morgan fingerprint density at radius 2 is 2.04 bits per heavy atom. The number of aromatic nitrogens is 2. The Balaban J connectivity index is 2.16. The monoisotopic (exact) mass is 354 g/mol. The second kappa shape index (κ2) is 5.78. The van der Waals surface area contributed by atoms with Crippen LogP contribution in [0.3, 0.4) is 0 Å². The van der Waals surface area contributed by atoms with E-state index in [-0.39, 0.29) is 5.56 Å². The fraction of sp³-hybridized carbons (Fsp3) is 0.250. The molecule has 3 heteroatoms. The van der Waals surface area contributed by atoms with Crippen molar-refractivity contribution in [1.82, 2.24) is 9.38 Å². The molecular formula is C24H22N2O. The second-order valence-corrected chi connectivity index (χ2v) is 7.52. The summed E-state index contributed by atoms with van der Waals surface area (Å²) in [4.78, 5) is 18.6. The first kappa shape index (κ1) is 16.2. The van der Waals surface area contributed by atoms with Gasteiger partial charge in [-0.3, -0.25) is 9.20 Å². The van der Waals surface area contributed by atoms with E-state index in [2.05, 4.69) is 43.0 Å². The third-order valence-electron chi connectivity index (χ3n) is 5.85. The maximum Gasteiger partial charge on any atom is 0.264 e. The molecule has 27 heavy (non-hydrogen) atoms. The molecule has 0 aliphatic heterocycles. The highest BCUT2D eigenvalue weighted by Gasteiger charge is 2.22. The van der Waals surface area contributed by atoms with Crippen LogP contribution in [-0.4, -0.2) is 9.38 Å². The van der Waals surface area contributed by atoms with E-state index in [0.717, 1.165) is 69.5 Å². The Bertz CT molecular complexity index is 1370. The van der Waals surface area contributed by atoms with Gasteiger partial charge >= 0.3 is 0 Å². The van der Waals surface area contributed by atoms with E-state index in [1.807, 2.05) is 18.2 Å². The van der Waals surface area contributed by atoms with E-state index in [4.69, 9.17) is 4.98 Å². The highest BCUT2D eigenvalue weighted by molar-refractivity contribution is 5.88. The maximum absolute atomic E-state index is 13.7. The molecule has 2 aliphatic rings. The van der Waals surface area contributed by atoms with Gasteiger partial charge in [-0.2, -0.15) is 0 Å². The molecule has 2 heterocycles. The van der Waals surface area contributed by atoms with Crippen molar-refractivity contribution in [2.75, 3.05) is 0 Å². The van der Waals surface area contributed by atoms with E-state index in [9.17, 15) is 4.79 Å². The Kier molecular flexibility index (Phi) is 3.48. The van der Waals surface area contributed by atoms with Crippen LogP contribution in [-0.2, 0) is 6.42 Å². The van der Waals surface area contributed by atoms with Crippen molar-refractivity contribution in [3.05, 3.63) is 68.5 Å². The minimum atomic E-state index is 0.00301. The highest BCUT2D eigenvalue weighted by Crippen LogP contribution is 2.27. The Morgan fingerprint density at radius 3 is 2.81 bits per heavy atom. The second-order valence-electron chi connectivity index (χ2n) is 7.52. The average Bonchev–Trinajstić information content (AvgIpc) is 2.67. The molecule has 1 aromatic carbocycles. The highest BCUT2D eigenvalue weighted by atomic mass is 16.1. The van der Waals surface area contributed by atoms with Gasteiger partial charge in [0, 0.05) is 16.2 Å². The average molecular weight is 354 g/mol. The molecule has 0 saturated carbocycles. The number of hydrogen-bond acceptors (Lipinski definition) is 2. The first-order valence-electron chi connectivity index (χ1n) is 9.64. The van der Waals surface area contributed by atoms with Crippen LogP contribution in [0.1, 0.15) is 49.8 Å². The molecule has 0 bridgehead atoms. The van der Waals surface area contributed by atoms with Crippen molar-refractivity contribution in [2.24, 2.45) is 0 Å². The standard InChI is InChI=1S/C24H22N2O/c1-4-15-8-5-11-17-21(15)20(14(2)3)24(27)26-19-13-7-10-16-9-6-12-18(22(16)19)25-23(17)26/h4,6,9,11-13H,2,5,7-8,10H2,1,3H3/b15-4-. The summed E-state index contributed by atoms with van der Waals surface area (Å²) in [6.45, 7) is 8.11. The van der Waals surface area contributed by atoms with Crippen LogP contribution in [0.25, 0.3) is 39.8 Å². The van der Waals surface area contributed by atoms with Gasteiger partial charge in [-0.05, 0) is 62.3 Å². The molecule has 2 aliphatic carbocycles. The van der Waals surface area contributed by atoms with Crippen LogP contribution < -0.4 is 16.1 Å². The molecule has 0 spiro atoms. The number of fused-ring (bicyclic) bond motifs is 4. The number of hydrogen-bond donors (Lipinski definition) is 0. The zero-order valence-corrected chi connectivity index (χ0v) is 15.8. The lowest BCUT2D eigenvalue weighted by molar-refractivity contribution is 0.951. The Morgan fingerprint density at radius 1 is 1.22 bits per heavy atom. The van der Waals surface area contributed by atoms with Crippen LogP contribution in [0, 0.1) is 0 Å². The van der Waals surface area contributed by atoms with E-state index in [0.29, 0.717) is 0 Å². The molecule has 3 nitrogen and oxygen atoms in total. The van der Waals surface area contributed by atoms with Crippen molar-refractivity contribution < 1.29 is 0 Å². The number of allylic oxidation sites excluding steroid dienone is 3.